The minimum atomic E-state index is 0.576. The molecular formula is C22H20N2. The molecule has 0 spiro atoms. The monoisotopic (exact) mass is 312 g/mol. The fourth-order valence-corrected chi connectivity index (χ4v) is 5.56. The van der Waals surface area contributed by atoms with E-state index in [4.69, 9.17) is 0 Å². The molecule has 0 aliphatic heterocycles. The van der Waals surface area contributed by atoms with Gasteiger partial charge in [-0.25, -0.2) is 0 Å². The second-order valence-electron chi connectivity index (χ2n) is 7.52. The van der Waals surface area contributed by atoms with E-state index in [1.165, 1.54) is 34.6 Å². The Kier molecular flexibility index (Phi) is 2.22. The molecule has 0 amide bonds. The van der Waals surface area contributed by atoms with E-state index in [0.29, 0.717) is 5.92 Å². The van der Waals surface area contributed by atoms with Crippen LogP contribution in [0.4, 0.5) is 0 Å². The summed E-state index contributed by atoms with van der Waals surface area (Å²) in [6, 6.07) is 17.9. The van der Waals surface area contributed by atoms with Gasteiger partial charge in [0.25, 0.3) is 0 Å². The molecule has 2 heterocycles. The Labute approximate surface area is 141 Å². The zero-order chi connectivity index (χ0) is 16.0. The van der Waals surface area contributed by atoms with E-state index >= 15 is 0 Å². The van der Waals surface area contributed by atoms with Gasteiger partial charge < -0.3 is 9.13 Å². The van der Waals surface area contributed by atoms with Crippen LogP contribution in [-0.4, -0.2) is 9.13 Å². The topological polar surface area (TPSA) is 9.86 Å². The lowest BCUT2D eigenvalue weighted by Crippen LogP contribution is -2.06. The van der Waals surface area contributed by atoms with Crippen LogP contribution in [0, 0.1) is 5.92 Å². The molecule has 2 aliphatic carbocycles. The minimum absolute atomic E-state index is 0.576. The molecule has 0 bridgehead atoms. The molecule has 2 aromatic heterocycles. The Morgan fingerprint density at radius 3 is 1.67 bits per heavy atom. The van der Waals surface area contributed by atoms with Gasteiger partial charge in [-0.3, -0.25) is 0 Å². The van der Waals surface area contributed by atoms with Crippen molar-refractivity contribution in [3.8, 4) is 0 Å². The van der Waals surface area contributed by atoms with Crippen LogP contribution in [0.15, 0.2) is 48.5 Å². The highest BCUT2D eigenvalue weighted by Crippen LogP contribution is 2.55. The van der Waals surface area contributed by atoms with Crippen LogP contribution >= 0.6 is 0 Å². The van der Waals surface area contributed by atoms with Gasteiger partial charge in [0.2, 0.25) is 0 Å². The molecule has 0 radical (unpaired) electrons. The van der Waals surface area contributed by atoms with Crippen molar-refractivity contribution in [2.45, 2.75) is 18.8 Å². The summed E-state index contributed by atoms with van der Waals surface area (Å²) in [4.78, 5) is 0. The number of benzene rings is 2. The average molecular weight is 312 g/mol. The van der Waals surface area contributed by atoms with Crippen molar-refractivity contribution in [3.63, 3.8) is 0 Å². The van der Waals surface area contributed by atoms with Crippen molar-refractivity contribution >= 4 is 21.8 Å². The van der Waals surface area contributed by atoms with Gasteiger partial charge in [-0.15, -0.1) is 0 Å². The van der Waals surface area contributed by atoms with Crippen LogP contribution < -0.4 is 0 Å². The van der Waals surface area contributed by atoms with E-state index in [2.05, 4.69) is 71.8 Å². The molecule has 2 aromatic carbocycles. The van der Waals surface area contributed by atoms with Gasteiger partial charge >= 0.3 is 0 Å². The third kappa shape index (κ3) is 1.31. The van der Waals surface area contributed by atoms with Crippen molar-refractivity contribution in [1.29, 1.82) is 0 Å². The van der Waals surface area contributed by atoms with Gasteiger partial charge in [-0.05, 0) is 42.0 Å². The number of aryl methyl sites for hydroxylation is 2. The summed E-state index contributed by atoms with van der Waals surface area (Å²) in [5.41, 5.74) is 9.10. The Balaban J connectivity index is 1.72. The van der Waals surface area contributed by atoms with Crippen molar-refractivity contribution in [2.24, 2.45) is 20.0 Å². The van der Waals surface area contributed by atoms with Crippen LogP contribution in [-0.2, 0) is 26.9 Å². The first-order valence-corrected chi connectivity index (χ1v) is 8.88. The molecule has 2 aliphatic rings. The normalized spacial score (nSPS) is 21.4. The molecule has 0 atom stereocenters. The van der Waals surface area contributed by atoms with Gasteiger partial charge in [-0.1, -0.05) is 36.4 Å². The second-order valence-corrected chi connectivity index (χ2v) is 7.52. The summed E-state index contributed by atoms with van der Waals surface area (Å²) in [6.45, 7) is 0. The maximum atomic E-state index is 2.44. The lowest BCUT2D eigenvalue weighted by atomic mass is 9.89. The highest BCUT2D eigenvalue weighted by atomic mass is 15.0. The maximum Gasteiger partial charge on any atom is 0.0483 e. The first-order valence-electron chi connectivity index (χ1n) is 8.88. The summed E-state index contributed by atoms with van der Waals surface area (Å²) in [7, 11) is 4.48. The standard InChI is InChI=1S/C22H20N2/c1-23-16-9-5-3-7-14(16)21-18(23)11-13-12-19-22(20(13)21)15-8-4-6-10-17(15)24(19)2/h3-10,13,20H,11-12H2,1-2H3. The predicted octanol–water partition coefficient (Wildman–Crippen LogP) is 4.53. The summed E-state index contributed by atoms with van der Waals surface area (Å²) in [5.74, 6) is 1.32. The van der Waals surface area contributed by atoms with E-state index in [1.807, 2.05) is 0 Å². The molecule has 0 unspecified atom stereocenters. The molecule has 0 N–H and O–H groups in total. The highest BCUT2D eigenvalue weighted by molar-refractivity contribution is 5.92. The number of aromatic nitrogens is 2. The third-order valence-corrected chi connectivity index (χ3v) is 6.55. The first-order chi connectivity index (χ1) is 11.8. The average Bonchev–Trinajstić information content (AvgIpc) is 3.29. The molecule has 4 aromatic rings. The fraction of sp³-hybridized carbons (Fsp3) is 0.273. The SMILES string of the molecule is Cn1c2c(c3ccccc31)C1c3c(n(C)c4ccccc34)CC1C2. The van der Waals surface area contributed by atoms with Gasteiger partial charge in [0.15, 0.2) is 0 Å². The van der Waals surface area contributed by atoms with Gasteiger partial charge in [0.1, 0.15) is 0 Å². The number of hydrogen-bond acceptors (Lipinski definition) is 0. The summed E-state index contributed by atoms with van der Waals surface area (Å²) in [6.07, 6.45) is 2.43. The van der Waals surface area contributed by atoms with Crippen molar-refractivity contribution in [2.75, 3.05) is 0 Å². The zero-order valence-corrected chi connectivity index (χ0v) is 14.1. The van der Waals surface area contributed by atoms with E-state index in [1.54, 1.807) is 22.5 Å². The molecule has 6 rings (SSSR count). The molecular weight excluding hydrogens is 292 g/mol. The Morgan fingerprint density at radius 1 is 0.708 bits per heavy atom. The number of nitrogens with zero attached hydrogens (tertiary/aromatic N) is 2. The number of para-hydroxylation sites is 2. The van der Waals surface area contributed by atoms with E-state index in [9.17, 15) is 0 Å². The highest BCUT2D eigenvalue weighted by Gasteiger charge is 2.45. The molecule has 118 valence electrons. The van der Waals surface area contributed by atoms with E-state index in [-0.39, 0.29) is 0 Å². The summed E-state index contributed by atoms with van der Waals surface area (Å²) >= 11 is 0. The summed E-state index contributed by atoms with van der Waals surface area (Å²) < 4.78 is 4.88. The lowest BCUT2D eigenvalue weighted by molar-refractivity contribution is 0.533. The van der Waals surface area contributed by atoms with Crippen molar-refractivity contribution < 1.29 is 0 Å². The number of fused-ring (bicyclic) bond motifs is 9. The zero-order valence-electron chi connectivity index (χ0n) is 14.1. The number of hydrogen-bond donors (Lipinski definition) is 0. The van der Waals surface area contributed by atoms with Crippen LogP contribution in [0.3, 0.4) is 0 Å². The largest absolute Gasteiger partial charge is 0.347 e. The van der Waals surface area contributed by atoms with Gasteiger partial charge in [0, 0.05) is 53.2 Å². The third-order valence-electron chi connectivity index (χ3n) is 6.55. The molecule has 2 nitrogen and oxygen atoms in total. The minimum Gasteiger partial charge on any atom is -0.347 e. The van der Waals surface area contributed by atoms with Crippen LogP contribution in [0.2, 0.25) is 0 Å². The van der Waals surface area contributed by atoms with Crippen LogP contribution in [0.5, 0.6) is 0 Å². The Morgan fingerprint density at radius 2 is 1.17 bits per heavy atom. The van der Waals surface area contributed by atoms with Crippen LogP contribution in [0.25, 0.3) is 21.8 Å². The van der Waals surface area contributed by atoms with Crippen molar-refractivity contribution in [3.05, 3.63) is 71.0 Å². The lowest BCUT2D eigenvalue weighted by Gasteiger charge is -2.13. The predicted molar refractivity (Wildman–Crippen MR) is 98.6 cm³/mol. The first kappa shape index (κ1) is 12.9. The molecule has 2 heteroatoms. The van der Waals surface area contributed by atoms with Gasteiger partial charge in [-0.2, -0.15) is 0 Å². The number of rotatable bonds is 0. The fourth-order valence-electron chi connectivity index (χ4n) is 5.56. The maximum absolute atomic E-state index is 2.44. The Hall–Kier alpha value is -2.48. The Bertz CT molecular complexity index is 1050. The molecule has 0 saturated carbocycles. The van der Waals surface area contributed by atoms with E-state index in [0.717, 1.165) is 5.92 Å². The van der Waals surface area contributed by atoms with Crippen molar-refractivity contribution in [1.82, 2.24) is 9.13 Å². The smallest absolute Gasteiger partial charge is 0.0483 e. The van der Waals surface area contributed by atoms with Crippen LogP contribution in [0.1, 0.15) is 28.4 Å². The van der Waals surface area contributed by atoms with E-state index < -0.39 is 0 Å². The quantitative estimate of drug-likeness (QED) is 0.451. The molecule has 24 heavy (non-hydrogen) atoms. The molecule has 0 fully saturated rings. The van der Waals surface area contributed by atoms with Gasteiger partial charge in [0.05, 0.1) is 0 Å². The summed E-state index contributed by atoms with van der Waals surface area (Å²) in [5, 5.41) is 2.92. The second kappa shape index (κ2) is 4.13. The molecule has 0 saturated heterocycles.